The standard InChI is InChI=1S/C17H27NO2/c1-3-18-16(14-10-12-19-13-11-14)17(20-4-2)15-8-6-5-7-9-15/h5-9,14,16-18H,3-4,10-13H2,1-2H3. The van der Waals surface area contributed by atoms with Crippen LogP contribution in [-0.4, -0.2) is 32.4 Å². The normalized spacial score (nSPS) is 19.7. The molecule has 0 saturated carbocycles. The molecule has 1 aliphatic rings. The fourth-order valence-electron chi connectivity index (χ4n) is 3.06. The monoisotopic (exact) mass is 277 g/mol. The van der Waals surface area contributed by atoms with Gasteiger partial charge < -0.3 is 14.8 Å². The van der Waals surface area contributed by atoms with Crippen molar-refractivity contribution >= 4 is 0 Å². The topological polar surface area (TPSA) is 30.5 Å². The summed E-state index contributed by atoms with van der Waals surface area (Å²) in [6, 6.07) is 11.0. The number of hydrogen-bond donors (Lipinski definition) is 1. The molecule has 2 unspecified atom stereocenters. The summed E-state index contributed by atoms with van der Waals surface area (Å²) in [4.78, 5) is 0. The van der Waals surface area contributed by atoms with Crippen LogP contribution >= 0.6 is 0 Å². The summed E-state index contributed by atoms with van der Waals surface area (Å²) in [7, 11) is 0. The molecule has 0 amide bonds. The largest absolute Gasteiger partial charge is 0.381 e. The van der Waals surface area contributed by atoms with Gasteiger partial charge in [-0.15, -0.1) is 0 Å². The molecule has 0 radical (unpaired) electrons. The van der Waals surface area contributed by atoms with E-state index in [1.54, 1.807) is 0 Å². The molecule has 0 aliphatic carbocycles. The van der Waals surface area contributed by atoms with Crippen molar-refractivity contribution in [3.8, 4) is 0 Å². The summed E-state index contributed by atoms with van der Waals surface area (Å²) in [6.07, 6.45) is 2.37. The predicted octanol–water partition coefficient (Wildman–Crippen LogP) is 3.17. The van der Waals surface area contributed by atoms with Crippen molar-refractivity contribution in [2.24, 2.45) is 5.92 Å². The number of hydrogen-bond acceptors (Lipinski definition) is 3. The zero-order chi connectivity index (χ0) is 14.2. The van der Waals surface area contributed by atoms with Gasteiger partial charge in [0, 0.05) is 25.9 Å². The van der Waals surface area contributed by atoms with Crippen molar-refractivity contribution in [1.29, 1.82) is 0 Å². The minimum absolute atomic E-state index is 0.129. The van der Waals surface area contributed by atoms with Crippen molar-refractivity contribution in [2.75, 3.05) is 26.4 Å². The van der Waals surface area contributed by atoms with Gasteiger partial charge in [0.1, 0.15) is 0 Å². The van der Waals surface area contributed by atoms with Crippen molar-refractivity contribution in [2.45, 2.75) is 38.8 Å². The second-order valence-corrected chi connectivity index (χ2v) is 5.32. The van der Waals surface area contributed by atoms with Crippen LogP contribution in [0.4, 0.5) is 0 Å². The predicted molar refractivity (Wildman–Crippen MR) is 81.8 cm³/mol. The Balaban J connectivity index is 2.17. The van der Waals surface area contributed by atoms with Gasteiger partial charge in [0.05, 0.1) is 6.10 Å². The average molecular weight is 277 g/mol. The van der Waals surface area contributed by atoms with E-state index < -0.39 is 0 Å². The van der Waals surface area contributed by atoms with E-state index in [1.807, 2.05) is 0 Å². The Kier molecular flexibility index (Phi) is 6.51. The zero-order valence-corrected chi connectivity index (χ0v) is 12.7. The number of rotatable bonds is 7. The van der Waals surface area contributed by atoms with E-state index in [1.165, 1.54) is 5.56 Å². The lowest BCUT2D eigenvalue weighted by Crippen LogP contribution is -2.44. The summed E-state index contributed by atoms with van der Waals surface area (Å²) < 4.78 is 11.6. The highest BCUT2D eigenvalue weighted by molar-refractivity contribution is 5.19. The van der Waals surface area contributed by atoms with Crippen LogP contribution in [0.1, 0.15) is 38.4 Å². The summed E-state index contributed by atoms with van der Waals surface area (Å²) >= 11 is 0. The first-order chi connectivity index (χ1) is 9.86. The third-order valence-corrected chi connectivity index (χ3v) is 4.01. The second-order valence-electron chi connectivity index (χ2n) is 5.32. The van der Waals surface area contributed by atoms with Crippen LogP contribution in [0.25, 0.3) is 0 Å². The lowest BCUT2D eigenvalue weighted by Gasteiger charge is -2.36. The summed E-state index contributed by atoms with van der Waals surface area (Å²) in [5.41, 5.74) is 1.27. The maximum absolute atomic E-state index is 6.09. The molecule has 1 aromatic rings. The van der Waals surface area contributed by atoms with Gasteiger partial charge in [-0.3, -0.25) is 0 Å². The van der Waals surface area contributed by atoms with E-state index >= 15 is 0 Å². The number of likely N-dealkylation sites (N-methyl/N-ethyl adjacent to an activating group) is 1. The van der Waals surface area contributed by atoms with Gasteiger partial charge in [0.25, 0.3) is 0 Å². The molecule has 1 aromatic carbocycles. The molecule has 1 aliphatic heterocycles. The fraction of sp³-hybridized carbons (Fsp3) is 0.647. The quantitative estimate of drug-likeness (QED) is 0.830. The Bertz CT molecular complexity index is 363. The van der Waals surface area contributed by atoms with Gasteiger partial charge in [-0.1, -0.05) is 37.3 Å². The third kappa shape index (κ3) is 4.05. The van der Waals surface area contributed by atoms with Crippen LogP contribution < -0.4 is 5.32 Å². The number of benzene rings is 1. The van der Waals surface area contributed by atoms with Crippen LogP contribution in [0.15, 0.2) is 30.3 Å². The van der Waals surface area contributed by atoms with Gasteiger partial charge in [-0.05, 0) is 37.8 Å². The molecule has 2 rings (SSSR count). The second kappa shape index (κ2) is 8.40. The molecule has 3 nitrogen and oxygen atoms in total. The van der Waals surface area contributed by atoms with Crippen LogP contribution in [0, 0.1) is 5.92 Å². The average Bonchev–Trinajstić information content (AvgIpc) is 2.52. The van der Waals surface area contributed by atoms with E-state index in [-0.39, 0.29) is 6.10 Å². The fourth-order valence-corrected chi connectivity index (χ4v) is 3.06. The van der Waals surface area contributed by atoms with Crippen molar-refractivity contribution < 1.29 is 9.47 Å². The first kappa shape index (κ1) is 15.5. The van der Waals surface area contributed by atoms with Gasteiger partial charge in [0.15, 0.2) is 0 Å². The Labute approximate surface area is 122 Å². The van der Waals surface area contributed by atoms with Crippen LogP contribution in [0.3, 0.4) is 0 Å². The molecule has 0 spiro atoms. The van der Waals surface area contributed by atoms with E-state index in [0.29, 0.717) is 12.0 Å². The highest BCUT2D eigenvalue weighted by Crippen LogP contribution is 2.30. The Hall–Kier alpha value is -0.900. The molecule has 112 valence electrons. The van der Waals surface area contributed by atoms with Gasteiger partial charge >= 0.3 is 0 Å². The molecule has 1 heterocycles. The molecule has 1 fully saturated rings. The molecule has 1 N–H and O–H groups in total. The number of nitrogens with one attached hydrogen (secondary N) is 1. The molecular weight excluding hydrogens is 250 g/mol. The molecule has 3 heteroatoms. The number of ether oxygens (including phenoxy) is 2. The van der Waals surface area contributed by atoms with Crippen molar-refractivity contribution in [3.05, 3.63) is 35.9 Å². The molecule has 0 bridgehead atoms. The molecule has 0 aromatic heterocycles. The first-order valence-electron chi connectivity index (χ1n) is 7.84. The molecule has 20 heavy (non-hydrogen) atoms. The van der Waals surface area contributed by atoms with E-state index in [4.69, 9.17) is 9.47 Å². The van der Waals surface area contributed by atoms with Crippen molar-refractivity contribution in [3.63, 3.8) is 0 Å². The summed E-state index contributed by atoms with van der Waals surface area (Å²) in [5, 5.41) is 3.66. The summed E-state index contributed by atoms with van der Waals surface area (Å²) in [6.45, 7) is 7.70. The third-order valence-electron chi connectivity index (χ3n) is 4.01. The Morgan fingerprint density at radius 1 is 1.20 bits per heavy atom. The van der Waals surface area contributed by atoms with E-state index in [9.17, 15) is 0 Å². The highest BCUT2D eigenvalue weighted by Gasteiger charge is 2.31. The minimum Gasteiger partial charge on any atom is -0.381 e. The molecule has 2 atom stereocenters. The van der Waals surface area contributed by atoms with Gasteiger partial charge in [0.2, 0.25) is 0 Å². The van der Waals surface area contributed by atoms with E-state index in [2.05, 4.69) is 49.5 Å². The maximum atomic E-state index is 6.09. The smallest absolute Gasteiger partial charge is 0.0980 e. The zero-order valence-electron chi connectivity index (χ0n) is 12.7. The van der Waals surface area contributed by atoms with Crippen LogP contribution in [0.2, 0.25) is 0 Å². The van der Waals surface area contributed by atoms with Crippen LogP contribution in [0.5, 0.6) is 0 Å². The first-order valence-corrected chi connectivity index (χ1v) is 7.84. The van der Waals surface area contributed by atoms with Gasteiger partial charge in [-0.25, -0.2) is 0 Å². The molecular formula is C17H27NO2. The van der Waals surface area contributed by atoms with Gasteiger partial charge in [-0.2, -0.15) is 0 Å². The SMILES string of the molecule is CCNC(C1CCOCC1)C(OCC)c1ccccc1. The lowest BCUT2D eigenvalue weighted by atomic mass is 9.85. The van der Waals surface area contributed by atoms with Crippen LogP contribution in [-0.2, 0) is 9.47 Å². The summed E-state index contributed by atoms with van der Waals surface area (Å²) in [5.74, 6) is 0.625. The Morgan fingerprint density at radius 2 is 1.90 bits per heavy atom. The highest BCUT2D eigenvalue weighted by atomic mass is 16.5. The Morgan fingerprint density at radius 3 is 2.50 bits per heavy atom. The lowest BCUT2D eigenvalue weighted by molar-refractivity contribution is -0.0134. The van der Waals surface area contributed by atoms with Crippen molar-refractivity contribution in [1.82, 2.24) is 5.32 Å². The minimum atomic E-state index is 0.129. The molecule has 1 saturated heterocycles. The maximum Gasteiger partial charge on any atom is 0.0980 e. The van der Waals surface area contributed by atoms with E-state index in [0.717, 1.165) is 39.2 Å².